The monoisotopic (exact) mass is 368 g/mol. The van der Waals surface area contributed by atoms with Crippen molar-refractivity contribution < 1.29 is 14.7 Å². The maximum atomic E-state index is 12.8. The van der Waals surface area contributed by atoms with Crippen molar-refractivity contribution in [3.8, 4) is 11.3 Å². The fourth-order valence-corrected chi connectivity index (χ4v) is 3.27. The fourth-order valence-electron chi connectivity index (χ4n) is 3.27. The lowest BCUT2D eigenvalue weighted by Gasteiger charge is -2.39. The van der Waals surface area contributed by atoms with Gasteiger partial charge in [0.1, 0.15) is 0 Å². The number of aliphatic hydroxyl groups is 1. The first-order valence-electron chi connectivity index (χ1n) is 8.96. The summed E-state index contributed by atoms with van der Waals surface area (Å²) < 4.78 is 0. The molecule has 0 bridgehead atoms. The number of nitrogens with zero attached hydrogens (tertiary/aromatic N) is 3. The van der Waals surface area contributed by atoms with Gasteiger partial charge in [0.25, 0.3) is 5.91 Å². The van der Waals surface area contributed by atoms with E-state index in [1.165, 1.54) is 6.20 Å². The van der Waals surface area contributed by atoms with Crippen molar-refractivity contribution in [2.75, 3.05) is 33.3 Å². The molecule has 3 rings (SSSR count). The van der Waals surface area contributed by atoms with Crippen molar-refractivity contribution in [2.24, 2.45) is 5.73 Å². The second-order valence-corrected chi connectivity index (χ2v) is 6.77. The molecule has 27 heavy (non-hydrogen) atoms. The molecule has 2 aromatic rings. The molecule has 142 valence electrons. The summed E-state index contributed by atoms with van der Waals surface area (Å²) >= 11 is 0. The molecule has 1 aromatic heterocycles. The Morgan fingerprint density at radius 2 is 1.85 bits per heavy atom. The summed E-state index contributed by atoms with van der Waals surface area (Å²) in [7, 11) is 2.02. The van der Waals surface area contributed by atoms with Gasteiger partial charge in [0.15, 0.2) is 0 Å². The third-order valence-electron chi connectivity index (χ3n) is 5.00. The zero-order valence-electron chi connectivity index (χ0n) is 15.3. The number of aliphatic hydroxyl groups excluding tert-OH is 1. The second kappa shape index (κ2) is 8.28. The molecule has 0 unspecified atom stereocenters. The standard InChI is InChI=1S/C20H24N4O3/c1-23-9-10-24(13-17(23)8-11-25)20(27)15-4-2-14(3-5-15)18-7-6-16(12-22-18)19(21)26/h2-7,12,17,25H,8-11,13H2,1H3,(H2,21,26)/t17-/m0/s1. The van der Waals surface area contributed by atoms with E-state index in [9.17, 15) is 14.7 Å². The number of pyridine rings is 1. The smallest absolute Gasteiger partial charge is 0.253 e. The van der Waals surface area contributed by atoms with Crippen LogP contribution in [0.3, 0.4) is 0 Å². The van der Waals surface area contributed by atoms with E-state index in [0.29, 0.717) is 36.3 Å². The van der Waals surface area contributed by atoms with Crippen LogP contribution in [0, 0.1) is 0 Å². The normalized spacial score (nSPS) is 17.7. The molecule has 7 heteroatoms. The minimum absolute atomic E-state index is 0.00498. The van der Waals surface area contributed by atoms with Crippen LogP contribution in [0.1, 0.15) is 27.1 Å². The van der Waals surface area contributed by atoms with Gasteiger partial charge in [0, 0.05) is 49.6 Å². The zero-order chi connectivity index (χ0) is 19.4. The first-order chi connectivity index (χ1) is 13.0. The summed E-state index contributed by atoms with van der Waals surface area (Å²) in [4.78, 5) is 32.2. The molecule has 2 amide bonds. The van der Waals surface area contributed by atoms with Gasteiger partial charge in [-0.1, -0.05) is 12.1 Å². The van der Waals surface area contributed by atoms with E-state index in [1.807, 2.05) is 24.1 Å². The van der Waals surface area contributed by atoms with Crippen molar-refractivity contribution in [1.29, 1.82) is 0 Å². The van der Waals surface area contributed by atoms with E-state index in [-0.39, 0.29) is 18.6 Å². The van der Waals surface area contributed by atoms with Crippen LogP contribution in [0.15, 0.2) is 42.6 Å². The van der Waals surface area contributed by atoms with Crippen LogP contribution in [-0.2, 0) is 0 Å². The molecule has 7 nitrogen and oxygen atoms in total. The molecule has 1 fully saturated rings. The molecule has 0 saturated carbocycles. The number of hydrogen-bond acceptors (Lipinski definition) is 5. The lowest BCUT2D eigenvalue weighted by Crippen LogP contribution is -2.53. The second-order valence-electron chi connectivity index (χ2n) is 6.77. The van der Waals surface area contributed by atoms with Crippen molar-refractivity contribution in [1.82, 2.24) is 14.8 Å². The average molecular weight is 368 g/mol. The summed E-state index contributed by atoms with van der Waals surface area (Å²) in [5.41, 5.74) is 7.78. The topological polar surface area (TPSA) is 99.8 Å². The molecule has 0 aliphatic carbocycles. The molecule has 1 aliphatic rings. The van der Waals surface area contributed by atoms with Crippen LogP contribution in [0.4, 0.5) is 0 Å². The number of carbonyl (C=O) groups excluding carboxylic acids is 2. The van der Waals surface area contributed by atoms with Gasteiger partial charge in [-0.15, -0.1) is 0 Å². The van der Waals surface area contributed by atoms with Crippen molar-refractivity contribution in [2.45, 2.75) is 12.5 Å². The van der Waals surface area contributed by atoms with E-state index < -0.39 is 5.91 Å². The number of aromatic nitrogens is 1. The summed E-state index contributed by atoms with van der Waals surface area (Å²) in [6.07, 6.45) is 2.11. The Hall–Kier alpha value is -2.77. The quantitative estimate of drug-likeness (QED) is 0.820. The third kappa shape index (κ3) is 4.32. The molecule has 1 aliphatic heterocycles. The number of hydrogen-bond donors (Lipinski definition) is 2. The van der Waals surface area contributed by atoms with Crippen molar-refractivity contribution in [3.63, 3.8) is 0 Å². The fraction of sp³-hybridized carbons (Fsp3) is 0.350. The Morgan fingerprint density at radius 3 is 2.44 bits per heavy atom. The van der Waals surface area contributed by atoms with Crippen LogP contribution in [0.25, 0.3) is 11.3 Å². The Morgan fingerprint density at radius 1 is 1.15 bits per heavy atom. The molecule has 1 saturated heterocycles. The number of piperazine rings is 1. The van der Waals surface area contributed by atoms with Crippen LogP contribution in [0.2, 0.25) is 0 Å². The molecule has 1 aromatic carbocycles. The number of amides is 2. The summed E-state index contributed by atoms with van der Waals surface area (Å²) in [6, 6.07) is 10.8. The maximum absolute atomic E-state index is 12.8. The van der Waals surface area contributed by atoms with Crippen LogP contribution < -0.4 is 5.73 Å². The van der Waals surface area contributed by atoms with E-state index in [0.717, 1.165) is 12.1 Å². The van der Waals surface area contributed by atoms with Gasteiger partial charge in [0.2, 0.25) is 5.91 Å². The zero-order valence-corrected chi connectivity index (χ0v) is 15.3. The average Bonchev–Trinajstić information content (AvgIpc) is 2.69. The van der Waals surface area contributed by atoms with Gasteiger partial charge >= 0.3 is 0 Å². The largest absolute Gasteiger partial charge is 0.396 e. The van der Waals surface area contributed by atoms with Crippen LogP contribution in [0.5, 0.6) is 0 Å². The van der Waals surface area contributed by atoms with Crippen molar-refractivity contribution in [3.05, 3.63) is 53.7 Å². The number of primary amides is 1. The Balaban J connectivity index is 1.71. The molecule has 1 atom stereocenters. The molecular weight excluding hydrogens is 344 g/mol. The summed E-state index contributed by atoms with van der Waals surface area (Å²) in [5.74, 6) is -0.517. The molecule has 0 radical (unpaired) electrons. The SMILES string of the molecule is CN1CCN(C(=O)c2ccc(-c3ccc(C(N)=O)cn3)cc2)C[C@@H]1CCO. The molecule has 3 N–H and O–H groups in total. The van der Waals surface area contributed by atoms with E-state index in [2.05, 4.69) is 9.88 Å². The van der Waals surface area contributed by atoms with Crippen LogP contribution >= 0.6 is 0 Å². The van der Waals surface area contributed by atoms with Crippen molar-refractivity contribution >= 4 is 11.8 Å². The lowest BCUT2D eigenvalue weighted by atomic mass is 10.1. The van der Waals surface area contributed by atoms with Gasteiger partial charge in [-0.05, 0) is 37.7 Å². The van der Waals surface area contributed by atoms with Gasteiger partial charge in [-0.3, -0.25) is 19.5 Å². The van der Waals surface area contributed by atoms with E-state index in [1.54, 1.807) is 24.3 Å². The number of rotatable bonds is 5. The summed E-state index contributed by atoms with van der Waals surface area (Å²) in [5, 5.41) is 9.20. The minimum atomic E-state index is -0.512. The van der Waals surface area contributed by atoms with E-state index >= 15 is 0 Å². The summed E-state index contributed by atoms with van der Waals surface area (Å²) in [6.45, 7) is 2.21. The number of likely N-dealkylation sites (N-methyl/N-ethyl adjacent to an activating group) is 1. The highest BCUT2D eigenvalue weighted by Crippen LogP contribution is 2.20. The predicted molar refractivity (Wildman–Crippen MR) is 102 cm³/mol. The first kappa shape index (κ1) is 19.0. The Kier molecular flexibility index (Phi) is 5.83. The van der Waals surface area contributed by atoms with Gasteiger partial charge < -0.3 is 15.7 Å². The highest BCUT2D eigenvalue weighted by Gasteiger charge is 2.27. The number of carbonyl (C=O) groups is 2. The van der Waals surface area contributed by atoms with Gasteiger partial charge in [0.05, 0.1) is 11.3 Å². The first-order valence-corrected chi connectivity index (χ1v) is 8.96. The van der Waals surface area contributed by atoms with Gasteiger partial charge in [-0.2, -0.15) is 0 Å². The molecular formula is C20H24N4O3. The van der Waals surface area contributed by atoms with E-state index in [4.69, 9.17) is 5.73 Å². The Labute approximate surface area is 158 Å². The lowest BCUT2D eigenvalue weighted by molar-refractivity contribution is 0.0500. The minimum Gasteiger partial charge on any atom is -0.396 e. The predicted octanol–water partition coefficient (Wildman–Crippen LogP) is 0.986. The third-order valence-corrected chi connectivity index (χ3v) is 5.00. The molecule has 0 spiro atoms. The molecule has 2 heterocycles. The highest BCUT2D eigenvalue weighted by atomic mass is 16.3. The maximum Gasteiger partial charge on any atom is 0.253 e. The number of benzene rings is 1. The van der Waals surface area contributed by atoms with Gasteiger partial charge in [-0.25, -0.2) is 0 Å². The Bertz CT molecular complexity index is 805. The highest BCUT2D eigenvalue weighted by molar-refractivity contribution is 5.95. The number of nitrogens with two attached hydrogens (primary N) is 1. The van der Waals surface area contributed by atoms with Crippen LogP contribution in [-0.4, -0.2) is 71.0 Å².